The molecule has 5 heteroatoms. The molecule has 0 radical (unpaired) electrons. The van der Waals surface area contributed by atoms with E-state index in [0.717, 1.165) is 25.3 Å². The van der Waals surface area contributed by atoms with Crippen LogP contribution in [-0.2, 0) is 4.74 Å². The second-order valence-electron chi connectivity index (χ2n) is 5.54. The first-order chi connectivity index (χ1) is 9.69. The maximum atomic E-state index is 11.5. The maximum Gasteiger partial charge on any atom is 0.337 e. The molecule has 1 atom stereocenters. The lowest BCUT2D eigenvalue weighted by molar-refractivity contribution is 0.0601. The van der Waals surface area contributed by atoms with Crippen molar-refractivity contribution in [1.82, 2.24) is 4.90 Å². The van der Waals surface area contributed by atoms with E-state index in [0.29, 0.717) is 17.3 Å². The summed E-state index contributed by atoms with van der Waals surface area (Å²) in [4.78, 5) is 16.4. The summed E-state index contributed by atoms with van der Waals surface area (Å²) in [6.45, 7) is 4.36. The number of nitrogens with zero attached hydrogens (tertiary/aromatic N) is 2. The number of ether oxygens (including phenoxy) is 1. The Morgan fingerprint density at radius 2 is 2.20 bits per heavy atom. The van der Waals surface area contributed by atoms with E-state index < -0.39 is 0 Å². The van der Waals surface area contributed by atoms with Crippen molar-refractivity contribution >= 4 is 17.3 Å². The van der Waals surface area contributed by atoms with Gasteiger partial charge in [-0.2, -0.15) is 0 Å². The summed E-state index contributed by atoms with van der Waals surface area (Å²) >= 11 is 0. The molecule has 2 heterocycles. The number of esters is 1. The number of anilines is 2. The number of carbonyl (C=O) groups is 1. The number of fused-ring (bicyclic) bond motifs is 1. The zero-order chi connectivity index (χ0) is 14.1. The van der Waals surface area contributed by atoms with Crippen LogP contribution in [0.1, 0.15) is 23.2 Å². The Morgan fingerprint density at radius 3 is 2.95 bits per heavy atom. The van der Waals surface area contributed by atoms with E-state index in [9.17, 15) is 4.79 Å². The predicted octanol–water partition coefficient (Wildman–Crippen LogP) is 1.34. The number of piperazine rings is 1. The number of rotatable bonds is 2. The Hall–Kier alpha value is -1.75. The monoisotopic (exact) mass is 275 g/mol. The molecule has 1 aromatic rings. The number of hydrogen-bond donors (Lipinski definition) is 1. The van der Waals surface area contributed by atoms with Gasteiger partial charge in [0.25, 0.3) is 0 Å². The summed E-state index contributed by atoms with van der Waals surface area (Å²) in [6, 6.07) is 6.09. The van der Waals surface area contributed by atoms with Crippen molar-refractivity contribution in [1.29, 1.82) is 0 Å². The van der Waals surface area contributed by atoms with Gasteiger partial charge in [0.15, 0.2) is 0 Å². The largest absolute Gasteiger partial charge is 0.465 e. The second-order valence-corrected chi connectivity index (χ2v) is 5.54. The van der Waals surface area contributed by atoms with E-state index in [-0.39, 0.29) is 5.97 Å². The third-order valence-electron chi connectivity index (χ3n) is 4.38. The molecule has 2 N–H and O–H groups in total. The van der Waals surface area contributed by atoms with Gasteiger partial charge in [-0.15, -0.1) is 0 Å². The molecule has 0 bridgehead atoms. The van der Waals surface area contributed by atoms with Crippen molar-refractivity contribution in [2.75, 3.05) is 43.9 Å². The Bertz CT molecular complexity index is 518. The van der Waals surface area contributed by atoms with Crippen molar-refractivity contribution in [3.05, 3.63) is 23.8 Å². The van der Waals surface area contributed by atoms with Crippen LogP contribution in [0, 0.1) is 0 Å². The van der Waals surface area contributed by atoms with E-state index in [1.54, 1.807) is 12.1 Å². The van der Waals surface area contributed by atoms with E-state index in [1.165, 1.54) is 26.5 Å². The van der Waals surface area contributed by atoms with Gasteiger partial charge < -0.3 is 15.4 Å². The Balaban J connectivity index is 1.78. The number of methoxy groups -OCH3 is 1. The highest BCUT2D eigenvalue weighted by Gasteiger charge is 2.31. The molecule has 0 spiro atoms. The van der Waals surface area contributed by atoms with Crippen LogP contribution in [0.15, 0.2) is 18.2 Å². The summed E-state index contributed by atoms with van der Waals surface area (Å²) < 4.78 is 4.72. The van der Waals surface area contributed by atoms with Crippen molar-refractivity contribution in [2.24, 2.45) is 0 Å². The van der Waals surface area contributed by atoms with Crippen LogP contribution in [0.5, 0.6) is 0 Å². The SMILES string of the molecule is COC(=O)c1ccc(N2CCN3CCCC3C2)c(N)c1. The number of hydrogen-bond acceptors (Lipinski definition) is 5. The molecule has 0 amide bonds. The molecule has 2 aliphatic rings. The normalized spacial score (nSPS) is 22.6. The minimum atomic E-state index is -0.344. The van der Waals surface area contributed by atoms with Crippen LogP contribution in [0.2, 0.25) is 0 Å². The van der Waals surface area contributed by atoms with E-state index in [4.69, 9.17) is 10.5 Å². The molecule has 3 rings (SSSR count). The Kier molecular flexibility index (Phi) is 3.53. The fourth-order valence-electron chi connectivity index (χ4n) is 3.30. The van der Waals surface area contributed by atoms with Crippen LogP contribution < -0.4 is 10.6 Å². The molecular formula is C15H21N3O2. The third-order valence-corrected chi connectivity index (χ3v) is 4.38. The molecule has 0 aliphatic carbocycles. The van der Waals surface area contributed by atoms with Gasteiger partial charge in [-0.3, -0.25) is 4.90 Å². The van der Waals surface area contributed by atoms with Crippen LogP contribution >= 0.6 is 0 Å². The van der Waals surface area contributed by atoms with Crippen LogP contribution in [-0.4, -0.2) is 50.2 Å². The van der Waals surface area contributed by atoms with Crippen molar-refractivity contribution in [3.63, 3.8) is 0 Å². The van der Waals surface area contributed by atoms with E-state index >= 15 is 0 Å². The van der Waals surface area contributed by atoms with Gasteiger partial charge in [0.2, 0.25) is 0 Å². The Labute approximate surface area is 119 Å². The van der Waals surface area contributed by atoms with Gasteiger partial charge in [-0.1, -0.05) is 0 Å². The molecular weight excluding hydrogens is 254 g/mol. The lowest BCUT2D eigenvalue weighted by Crippen LogP contribution is -2.50. The molecule has 2 aliphatic heterocycles. The third kappa shape index (κ3) is 2.33. The van der Waals surface area contributed by atoms with E-state index in [1.807, 2.05) is 6.07 Å². The second kappa shape index (κ2) is 5.32. The number of nitrogen functional groups attached to an aromatic ring is 1. The standard InChI is InChI=1S/C15H21N3O2/c1-20-15(19)11-4-5-14(13(16)9-11)18-8-7-17-6-2-3-12(17)10-18/h4-5,9,12H,2-3,6-8,10,16H2,1H3. The first kappa shape index (κ1) is 13.2. The molecule has 108 valence electrons. The maximum absolute atomic E-state index is 11.5. The first-order valence-corrected chi connectivity index (χ1v) is 7.16. The highest BCUT2D eigenvalue weighted by atomic mass is 16.5. The van der Waals surface area contributed by atoms with Crippen LogP contribution in [0.25, 0.3) is 0 Å². The minimum Gasteiger partial charge on any atom is -0.465 e. The summed E-state index contributed by atoms with van der Waals surface area (Å²) in [5, 5.41) is 0. The van der Waals surface area contributed by atoms with Crippen LogP contribution in [0.4, 0.5) is 11.4 Å². The summed E-state index contributed by atoms with van der Waals surface area (Å²) in [7, 11) is 1.38. The molecule has 2 saturated heterocycles. The fraction of sp³-hybridized carbons (Fsp3) is 0.533. The molecule has 2 fully saturated rings. The highest BCUT2D eigenvalue weighted by Crippen LogP contribution is 2.29. The quantitative estimate of drug-likeness (QED) is 0.652. The molecule has 5 nitrogen and oxygen atoms in total. The van der Waals surface area contributed by atoms with Gasteiger partial charge >= 0.3 is 5.97 Å². The lowest BCUT2D eigenvalue weighted by Gasteiger charge is -2.39. The fourth-order valence-corrected chi connectivity index (χ4v) is 3.30. The van der Waals surface area contributed by atoms with E-state index in [2.05, 4.69) is 9.80 Å². The van der Waals surface area contributed by atoms with Gasteiger partial charge in [-0.05, 0) is 37.6 Å². The summed E-state index contributed by atoms with van der Waals surface area (Å²) in [5.41, 5.74) is 8.31. The minimum absolute atomic E-state index is 0.344. The van der Waals surface area contributed by atoms with Crippen molar-refractivity contribution in [2.45, 2.75) is 18.9 Å². The Morgan fingerprint density at radius 1 is 1.35 bits per heavy atom. The molecule has 1 unspecified atom stereocenters. The number of benzene rings is 1. The zero-order valence-electron chi connectivity index (χ0n) is 11.8. The smallest absolute Gasteiger partial charge is 0.337 e. The predicted molar refractivity (Wildman–Crippen MR) is 79.0 cm³/mol. The average Bonchev–Trinajstić information content (AvgIpc) is 2.93. The van der Waals surface area contributed by atoms with Gasteiger partial charge in [-0.25, -0.2) is 4.79 Å². The lowest BCUT2D eigenvalue weighted by atomic mass is 10.1. The topological polar surface area (TPSA) is 58.8 Å². The average molecular weight is 275 g/mol. The number of nitrogens with two attached hydrogens (primary N) is 1. The van der Waals surface area contributed by atoms with Gasteiger partial charge in [0.1, 0.15) is 0 Å². The summed E-state index contributed by atoms with van der Waals surface area (Å²) in [5.74, 6) is -0.344. The van der Waals surface area contributed by atoms with Crippen LogP contribution in [0.3, 0.4) is 0 Å². The number of carbonyl (C=O) groups excluding carboxylic acids is 1. The first-order valence-electron chi connectivity index (χ1n) is 7.16. The molecule has 0 aromatic heterocycles. The van der Waals surface area contributed by atoms with Gasteiger partial charge in [0, 0.05) is 25.7 Å². The summed E-state index contributed by atoms with van der Waals surface area (Å²) in [6.07, 6.45) is 2.58. The molecule has 0 saturated carbocycles. The van der Waals surface area contributed by atoms with Gasteiger partial charge in [0.05, 0.1) is 24.0 Å². The van der Waals surface area contributed by atoms with Crippen molar-refractivity contribution < 1.29 is 9.53 Å². The molecule has 1 aromatic carbocycles. The highest BCUT2D eigenvalue weighted by molar-refractivity contribution is 5.92. The molecule has 20 heavy (non-hydrogen) atoms. The van der Waals surface area contributed by atoms with Crippen molar-refractivity contribution in [3.8, 4) is 0 Å². The zero-order valence-corrected chi connectivity index (χ0v) is 11.8.